The van der Waals surface area contributed by atoms with E-state index in [1.165, 1.54) is 0 Å². The lowest BCUT2D eigenvalue weighted by Gasteiger charge is -2.09. The van der Waals surface area contributed by atoms with E-state index in [2.05, 4.69) is 10.5 Å². The maximum Gasteiger partial charge on any atom is 0.261 e. The Morgan fingerprint density at radius 1 is 1.13 bits per heavy atom. The maximum absolute atomic E-state index is 11.7. The first-order chi connectivity index (χ1) is 11.2. The van der Waals surface area contributed by atoms with E-state index in [0.717, 1.165) is 16.9 Å². The molecule has 0 aliphatic carbocycles. The first kappa shape index (κ1) is 16.4. The van der Waals surface area contributed by atoms with Crippen LogP contribution < -0.4 is 15.8 Å². The molecule has 0 aliphatic heterocycles. The van der Waals surface area contributed by atoms with Crippen molar-refractivity contribution in [1.29, 1.82) is 0 Å². The number of oxime groups is 1. The summed E-state index contributed by atoms with van der Waals surface area (Å²) in [5.41, 5.74) is 7.38. The molecule has 0 bridgehead atoms. The van der Waals surface area contributed by atoms with Crippen LogP contribution in [0.2, 0.25) is 0 Å². The highest BCUT2D eigenvalue weighted by Crippen LogP contribution is 2.16. The first-order valence-corrected chi connectivity index (χ1v) is 7.10. The zero-order valence-corrected chi connectivity index (χ0v) is 12.9. The van der Waals surface area contributed by atoms with Crippen LogP contribution in [0, 0.1) is 0 Å². The molecule has 1 amide bonds. The number of nitrogens with zero attached hydrogens (tertiary/aromatic N) is 1. The van der Waals surface area contributed by atoms with E-state index >= 15 is 0 Å². The van der Waals surface area contributed by atoms with Gasteiger partial charge < -0.3 is 20.6 Å². The van der Waals surface area contributed by atoms with Gasteiger partial charge in [-0.1, -0.05) is 53.7 Å². The van der Waals surface area contributed by atoms with Gasteiger partial charge in [0, 0.05) is 17.7 Å². The van der Waals surface area contributed by atoms with Gasteiger partial charge in [0.15, 0.2) is 12.4 Å². The molecule has 2 aromatic carbocycles. The van der Waals surface area contributed by atoms with Gasteiger partial charge in [0.2, 0.25) is 0 Å². The highest BCUT2D eigenvalue weighted by molar-refractivity contribution is 5.97. The second-order valence-corrected chi connectivity index (χ2v) is 4.70. The lowest BCUT2D eigenvalue weighted by atomic mass is 10.2. The second kappa shape index (κ2) is 8.43. The molecule has 0 saturated carbocycles. The molecule has 23 heavy (non-hydrogen) atoms. The van der Waals surface area contributed by atoms with E-state index in [4.69, 9.17) is 15.3 Å². The minimum atomic E-state index is -0.291. The number of carbonyl (C=O) groups is 1. The zero-order chi connectivity index (χ0) is 16.5. The molecule has 2 aromatic rings. The number of para-hydroxylation sites is 1. The summed E-state index contributed by atoms with van der Waals surface area (Å²) in [6, 6.07) is 16.7. The number of benzene rings is 2. The van der Waals surface area contributed by atoms with Crippen molar-refractivity contribution < 1.29 is 14.4 Å². The number of nitrogens with one attached hydrogen (secondary N) is 1. The Balaban J connectivity index is 1.79. The third kappa shape index (κ3) is 5.03. The van der Waals surface area contributed by atoms with E-state index < -0.39 is 0 Å². The zero-order valence-electron chi connectivity index (χ0n) is 12.9. The molecule has 0 heterocycles. The fraction of sp³-hybridized carbons (Fsp3) is 0.176. The average Bonchev–Trinajstić information content (AvgIpc) is 2.60. The predicted molar refractivity (Wildman–Crippen MR) is 88.0 cm³/mol. The Labute approximate surface area is 134 Å². The normalized spacial score (nSPS) is 10.9. The predicted octanol–water partition coefficient (Wildman–Crippen LogP) is 1.65. The Morgan fingerprint density at radius 3 is 2.57 bits per heavy atom. The van der Waals surface area contributed by atoms with E-state index in [1.807, 2.05) is 54.6 Å². The quantitative estimate of drug-likeness (QED) is 0.462. The third-order valence-electron chi connectivity index (χ3n) is 3.10. The number of carbonyl (C=O) groups excluding carboxylic acids is 1. The van der Waals surface area contributed by atoms with Gasteiger partial charge in [-0.25, -0.2) is 0 Å². The van der Waals surface area contributed by atoms with Crippen molar-refractivity contribution in [3.05, 3.63) is 65.7 Å². The van der Waals surface area contributed by atoms with Gasteiger partial charge in [0.05, 0.1) is 7.11 Å². The van der Waals surface area contributed by atoms with Crippen molar-refractivity contribution in [2.45, 2.75) is 6.54 Å². The summed E-state index contributed by atoms with van der Waals surface area (Å²) < 4.78 is 5.22. The largest absolute Gasteiger partial charge is 0.496 e. The van der Waals surface area contributed by atoms with Crippen molar-refractivity contribution in [2.75, 3.05) is 13.7 Å². The van der Waals surface area contributed by atoms with E-state index in [9.17, 15) is 4.79 Å². The van der Waals surface area contributed by atoms with Gasteiger partial charge in [-0.05, 0) is 6.07 Å². The van der Waals surface area contributed by atoms with Crippen LogP contribution in [0.1, 0.15) is 11.1 Å². The van der Waals surface area contributed by atoms with Gasteiger partial charge in [0.1, 0.15) is 5.75 Å². The Bertz CT molecular complexity index is 672. The molecule has 120 valence electrons. The molecule has 0 spiro atoms. The van der Waals surface area contributed by atoms with Crippen LogP contribution in [0.3, 0.4) is 0 Å². The molecular formula is C17H19N3O3. The molecular weight excluding hydrogens is 294 g/mol. The van der Waals surface area contributed by atoms with E-state index in [0.29, 0.717) is 6.54 Å². The Kier molecular flexibility index (Phi) is 5.99. The molecule has 0 aliphatic rings. The number of rotatable bonds is 7. The summed E-state index contributed by atoms with van der Waals surface area (Å²) in [7, 11) is 1.59. The minimum absolute atomic E-state index is 0.206. The van der Waals surface area contributed by atoms with Crippen LogP contribution in [0.5, 0.6) is 5.75 Å². The number of hydrogen-bond acceptors (Lipinski definition) is 4. The standard InChI is InChI=1S/C17H19N3O3/c1-22-15-10-6-5-9-14(15)11-19-16(21)12-23-20-17(18)13-7-3-2-4-8-13/h2-10H,11-12H2,1H3,(H2,18,20)(H,19,21). The summed E-state index contributed by atoms with van der Waals surface area (Å²) in [6.45, 7) is 0.146. The molecule has 3 N–H and O–H groups in total. The number of methoxy groups -OCH3 is 1. The van der Waals surface area contributed by atoms with E-state index in [-0.39, 0.29) is 18.3 Å². The molecule has 6 nitrogen and oxygen atoms in total. The fourth-order valence-electron chi connectivity index (χ4n) is 1.92. The van der Waals surface area contributed by atoms with Crippen LogP contribution in [0.25, 0.3) is 0 Å². The molecule has 0 aromatic heterocycles. The molecule has 0 atom stereocenters. The molecule has 0 radical (unpaired) electrons. The lowest BCUT2D eigenvalue weighted by Crippen LogP contribution is -2.27. The monoisotopic (exact) mass is 313 g/mol. The fourth-order valence-corrected chi connectivity index (χ4v) is 1.92. The van der Waals surface area contributed by atoms with Crippen LogP contribution in [-0.2, 0) is 16.2 Å². The van der Waals surface area contributed by atoms with Gasteiger partial charge in [-0.3, -0.25) is 4.79 Å². The summed E-state index contributed by atoms with van der Waals surface area (Å²) >= 11 is 0. The first-order valence-electron chi connectivity index (χ1n) is 7.10. The van der Waals surface area contributed by atoms with Crippen molar-refractivity contribution in [3.63, 3.8) is 0 Å². The molecule has 6 heteroatoms. The third-order valence-corrected chi connectivity index (χ3v) is 3.10. The summed E-state index contributed by atoms with van der Waals surface area (Å²) in [5, 5.41) is 6.47. The molecule has 0 fully saturated rings. The summed E-state index contributed by atoms with van der Waals surface area (Å²) in [5.74, 6) is 0.656. The molecule has 0 saturated heterocycles. The molecule has 0 unspecified atom stereocenters. The Morgan fingerprint density at radius 2 is 1.83 bits per heavy atom. The smallest absolute Gasteiger partial charge is 0.261 e. The summed E-state index contributed by atoms with van der Waals surface area (Å²) in [4.78, 5) is 16.7. The number of ether oxygens (including phenoxy) is 1. The number of amidine groups is 1. The van der Waals surface area contributed by atoms with Gasteiger partial charge in [-0.15, -0.1) is 0 Å². The number of amides is 1. The van der Waals surface area contributed by atoms with Crippen LogP contribution in [0.15, 0.2) is 59.8 Å². The van der Waals surface area contributed by atoms with Gasteiger partial charge in [-0.2, -0.15) is 0 Å². The van der Waals surface area contributed by atoms with Crippen LogP contribution in [-0.4, -0.2) is 25.5 Å². The van der Waals surface area contributed by atoms with Crippen molar-refractivity contribution >= 4 is 11.7 Å². The lowest BCUT2D eigenvalue weighted by molar-refractivity contribution is -0.125. The highest BCUT2D eigenvalue weighted by Gasteiger charge is 2.05. The van der Waals surface area contributed by atoms with Crippen molar-refractivity contribution in [1.82, 2.24) is 5.32 Å². The van der Waals surface area contributed by atoms with Crippen LogP contribution in [0.4, 0.5) is 0 Å². The van der Waals surface area contributed by atoms with Crippen molar-refractivity contribution in [2.24, 2.45) is 10.9 Å². The minimum Gasteiger partial charge on any atom is -0.496 e. The van der Waals surface area contributed by atoms with Crippen molar-refractivity contribution in [3.8, 4) is 5.75 Å². The average molecular weight is 313 g/mol. The number of nitrogens with two attached hydrogens (primary N) is 1. The molecule has 2 rings (SSSR count). The maximum atomic E-state index is 11.7. The second-order valence-electron chi connectivity index (χ2n) is 4.70. The van der Waals surface area contributed by atoms with Gasteiger partial charge >= 0.3 is 0 Å². The highest BCUT2D eigenvalue weighted by atomic mass is 16.6. The number of hydrogen-bond donors (Lipinski definition) is 2. The van der Waals surface area contributed by atoms with Crippen LogP contribution >= 0.6 is 0 Å². The van der Waals surface area contributed by atoms with E-state index in [1.54, 1.807) is 7.11 Å². The topological polar surface area (TPSA) is 85.9 Å². The van der Waals surface area contributed by atoms with Gasteiger partial charge in [0.25, 0.3) is 5.91 Å². The Hall–Kier alpha value is -3.02. The SMILES string of the molecule is COc1ccccc1CNC(=O)CO/N=C(\N)c1ccccc1. The summed E-state index contributed by atoms with van der Waals surface area (Å²) in [6.07, 6.45) is 0.